The van der Waals surface area contributed by atoms with Crippen molar-refractivity contribution >= 4 is 11.6 Å². The molecule has 0 radical (unpaired) electrons. The zero-order valence-electron chi connectivity index (χ0n) is 10.4. The molecule has 1 aliphatic carbocycles. The smallest absolute Gasteiger partial charge is 0.132 e. The number of aryl methyl sites for hydroxylation is 1. The zero-order valence-corrected chi connectivity index (χ0v) is 11.1. The van der Waals surface area contributed by atoms with Gasteiger partial charge in [0.2, 0.25) is 0 Å². The van der Waals surface area contributed by atoms with E-state index in [1.54, 1.807) is 19.1 Å². The molecule has 2 nitrogen and oxygen atoms in total. The predicted octanol–water partition coefficient (Wildman–Crippen LogP) is 2.60. The molecule has 1 N–H and O–H groups in total. The van der Waals surface area contributed by atoms with E-state index in [-0.39, 0.29) is 11.9 Å². The molecule has 1 aromatic rings. The fourth-order valence-electron chi connectivity index (χ4n) is 3.18. The first-order valence-corrected chi connectivity index (χ1v) is 6.78. The summed E-state index contributed by atoms with van der Waals surface area (Å²) in [6.07, 6.45) is 0.739. The van der Waals surface area contributed by atoms with Crippen LogP contribution in [-0.4, -0.2) is 29.2 Å². The van der Waals surface area contributed by atoms with E-state index >= 15 is 0 Å². The number of benzene rings is 1. The summed E-state index contributed by atoms with van der Waals surface area (Å²) < 4.78 is 14.0. The van der Waals surface area contributed by atoms with Gasteiger partial charge in [-0.1, -0.05) is 17.7 Å². The van der Waals surface area contributed by atoms with Gasteiger partial charge in [0.25, 0.3) is 0 Å². The van der Waals surface area contributed by atoms with Crippen molar-refractivity contribution in [3.63, 3.8) is 0 Å². The van der Waals surface area contributed by atoms with Gasteiger partial charge in [0.15, 0.2) is 0 Å². The molecule has 1 heterocycles. The van der Waals surface area contributed by atoms with Crippen LogP contribution < -0.4 is 0 Å². The molecule has 1 saturated heterocycles. The van der Waals surface area contributed by atoms with Crippen LogP contribution in [0.5, 0.6) is 0 Å². The highest BCUT2D eigenvalue weighted by molar-refractivity contribution is 6.31. The Labute approximate surface area is 111 Å². The maximum atomic E-state index is 14.0. The molecular weight excluding hydrogens is 253 g/mol. The number of likely N-dealkylation sites (tertiary alicyclic amines) is 1. The Kier molecular flexibility index (Phi) is 3.08. The molecule has 1 aliphatic heterocycles. The van der Waals surface area contributed by atoms with E-state index in [4.69, 9.17) is 11.6 Å². The van der Waals surface area contributed by atoms with Gasteiger partial charge in [0.05, 0.1) is 6.10 Å². The molecule has 18 heavy (non-hydrogen) atoms. The minimum Gasteiger partial charge on any atom is -0.393 e. The first-order chi connectivity index (χ1) is 8.56. The van der Waals surface area contributed by atoms with Gasteiger partial charge in [0.1, 0.15) is 5.82 Å². The van der Waals surface area contributed by atoms with Crippen LogP contribution in [0.4, 0.5) is 4.39 Å². The molecule has 0 unspecified atom stereocenters. The van der Waals surface area contributed by atoms with Crippen LogP contribution in [-0.2, 0) is 6.54 Å². The maximum absolute atomic E-state index is 14.0. The molecule has 3 atom stereocenters. The normalized spacial score (nSPS) is 31.2. The highest BCUT2D eigenvalue weighted by Gasteiger charge is 2.46. The number of hydrogen-bond acceptors (Lipinski definition) is 2. The van der Waals surface area contributed by atoms with E-state index in [2.05, 4.69) is 4.90 Å². The summed E-state index contributed by atoms with van der Waals surface area (Å²) in [6, 6.07) is 3.47. The largest absolute Gasteiger partial charge is 0.393 e. The van der Waals surface area contributed by atoms with Crippen LogP contribution >= 0.6 is 11.6 Å². The van der Waals surface area contributed by atoms with E-state index in [1.807, 2.05) is 0 Å². The second-order valence-electron chi connectivity index (χ2n) is 5.58. The van der Waals surface area contributed by atoms with Crippen LogP contribution in [0.15, 0.2) is 12.1 Å². The first kappa shape index (κ1) is 12.4. The number of nitrogens with zero attached hydrogens (tertiary/aromatic N) is 1. The van der Waals surface area contributed by atoms with E-state index in [0.29, 0.717) is 34.5 Å². The van der Waals surface area contributed by atoms with Crippen molar-refractivity contribution in [3.8, 4) is 0 Å². The molecule has 1 saturated carbocycles. The van der Waals surface area contributed by atoms with Gasteiger partial charge in [-0.25, -0.2) is 4.39 Å². The van der Waals surface area contributed by atoms with E-state index < -0.39 is 0 Å². The third-order valence-corrected chi connectivity index (χ3v) is 4.72. The third-order valence-electron chi connectivity index (χ3n) is 4.37. The molecule has 3 rings (SSSR count). The Morgan fingerprint density at radius 2 is 2.22 bits per heavy atom. The molecule has 0 amide bonds. The number of hydrogen-bond donors (Lipinski definition) is 1. The van der Waals surface area contributed by atoms with Crippen LogP contribution in [0.3, 0.4) is 0 Å². The van der Waals surface area contributed by atoms with Crippen molar-refractivity contribution in [2.75, 3.05) is 13.1 Å². The maximum Gasteiger partial charge on any atom is 0.132 e. The van der Waals surface area contributed by atoms with Crippen molar-refractivity contribution in [3.05, 3.63) is 34.1 Å². The standard InChI is InChI=1S/C14H17ClFNO/c1-8-2-3-12(15)11(14(8)16)7-17-5-9-4-13(18)10(9)6-17/h2-3,9-10,13,18H,4-7H2,1H3/t9-,10+,13-/m1/s1. The summed E-state index contributed by atoms with van der Waals surface area (Å²) in [5, 5.41) is 10.1. The second kappa shape index (κ2) is 4.48. The van der Waals surface area contributed by atoms with Gasteiger partial charge in [-0.2, -0.15) is 0 Å². The highest BCUT2D eigenvalue weighted by atomic mass is 35.5. The lowest BCUT2D eigenvalue weighted by Crippen LogP contribution is -2.39. The van der Waals surface area contributed by atoms with Gasteiger partial charge in [-0.3, -0.25) is 4.90 Å². The van der Waals surface area contributed by atoms with Crippen LogP contribution in [0.1, 0.15) is 17.5 Å². The highest BCUT2D eigenvalue weighted by Crippen LogP contribution is 2.41. The summed E-state index contributed by atoms with van der Waals surface area (Å²) >= 11 is 6.08. The molecule has 0 spiro atoms. The van der Waals surface area contributed by atoms with Crippen LogP contribution in [0.25, 0.3) is 0 Å². The summed E-state index contributed by atoms with van der Waals surface area (Å²) in [5.74, 6) is 0.783. The molecule has 0 aromatic heterocycles. The summed E-state index contributed by atoms with van der Waals surface area (Å²) in [5.41, 5.74) is 1.23. The fourth-order valence-corrected chi connectivity index (χ4v) is 3.38. The van der Waals surface area contributed by atoms with E-state index in [9.17, 15) is 9.50 Å². The predicted molar refractivity (Wildman–Crippen MR) is 69.0 cm³/mol. The van der Waals surface area contributed by atoms with E-state index in [0.717, 1.165) is 19.5 Å². The average Bonchev–Trinajstić information content (AvgIpc) is 2.67. The van der Waals surface area contributed by atoms with Crippen molar-refractivity contribution in [1.82, 2.24) is 4.90 Å². The lowest BCUT2D eigenvalue weighted by atomic mass is 9.74. The molecule has 2 fully saturated rings. The van der Waals surface area contributed by atoms with Crippen molar-refractivity contribution in [2.45, 2.75) is 26.0 Å². The molecule has 98 valence electrons. The Morgan fingerprint density at radius 3 is 2.89 bits per heavy atom. The molecule has 0 bridgehead atoms. The quantitative estimate of drug-likeness (QED) is 0.892. The number of aliphatic hydroxyl groups excluding tert-OH is 1. The molecular formula is C14H17ClFNO. The molecule has 1 aromatic carbocycles. The zero-order chi connectivity index (χ0) is 12.9. The van der Waals surface area contributed by atoms with Crippen LogP contribution in [0.2, 0.25) is 5.02 Å². The fraction of sp³-hybridized carbons (Fsp3) is 0.571. The Balaban J connectivity index is 1.76. The molecule has 4 heteroatoms. The van der Waals surface area contributed by atoms with Gasteiger partial charge in [-0.05, 0) is 30.9 Å². The Bertz CT molecular complexity index is 479. The summed E-state index contributed by atoms with van der Waals surface area (Å²) in [4.78, 5) is 2.20. The van der Waals surface area contributed by atoms with Gasteiger partial charge in [-0.15, -0.1) is 0 Å². The Hall–Kier alpha value is -0.640. The monoisotopic (exact) mass is 269 g/mol. The van der Waals surface area contributed by atoms with Gasteiger partial charge < -0.3 is 5.11 Å². The average molecular weight is 270 g/mol. The third kappa shape index (κ3) is 1.94. The van der Waals surface area contributed by atoms with E-state index in [1.165, 1.54) is 0 Å². The van der Waals surface area contributed by atoms with Crippen molar-refractivity contribution in [2.24, 2.45) is 11.8 Å². The lowest BCUT2D eigenvalue weighted by molar-refractivity contribution is -0.00435. The lowest BCUT2D eigenvalue weighted by Gasteiger charge is -2.35. The second-order valence-corrected chi connectivity index (χ2v) is 5.99. The minimum atomic E-state index is -0.192. The minimum absolute atomic E-state index is 0.155. The SMILES string of the molecule is Cc1ccc(Cl)c(CN2C[C@H]3C[C@@H](O)[C@H]3C2)c1F. The van der Waals surface area contributed by atoms with Gasteiger partial charge >= 0.3 is 0 Å². The summed E-state index contributed by atoms with van der Waals surface area (Å²) in [7, 11) is 0. The molecule has 2 aliphatic rings. The number of aliphatic hydroxyl groups is 1. The number of rotatable bonds is 2. The van der Waals surface area contributed by atoms with Gasteiger partial charge in [0, 0.05) is 36.1 Å². The summed E-state index contributed by atoms with van der Waals surface area (Å²) in [6.45, 7) is 4.11. The topological polar surface area (TPSA) is 23.5 Å². The Morgan fingerprint density at radius 1 is 1.44 bits per heavy atom. The van der Waals surface area contributed by atoms with Crippen molar-refractivity contribution < 1.29 is 9.50 Å². The van der Waals surface area contributed by atoms with Crippen molar-refractivity contribution in [1.29, 1.82) is 0 Å². The first-order valence-electron chi connectivity index (χ1n) is 6.40. The van der Waals surface area contributed by atoms with Crippen LogP contribution in [0, 0.1) is 24.6 Å². The number of fused-ring (bicyclic) bond motifs is 1. The number of halogens is 2.